The first kappa shape index (κ1) is 22.4. The summed E-state index contributed by atoms with van der Waals surface area (Å²) < 4.78 is 0. The van der Waals surface area contributed by atoms with E-state index in [2.05, 4.69) is 6.92 Å². The van der Waals surface area contributed by atoms with Crippen LogP contribution in [0.1, 0.15) is 58.3 Å². The third kappa shape index (κ3) is 9.13. The number of carboxylic acids is 1. The number of carbonyl (C=O) groups is 1. The zero-order valence-electron chi connectivity index (χ0n) is 15.6. The van der Waals surface area contributed by atoms with Crippen LogP contribution >= 0.6 is 0 Å². The second kappa shape index (κ2) is 12.6. The van der Waals surface area contributed by atoms with Crippen molar-refractivity contribution in [1.82, 2.24) is 0 Å². The van der Waals surface area contributed by atoms with E-state index in [-0.39, 0.29) is 12.8 Å². The normalized spacial score (nSPS) is 18.2. The molecule has 5 nitrogen and oxygen atoms in total. The summed E-state index contributed by atoms with van der Waals surface area (Å²) in [4.78, 5) is 10.5. The lowest BCUT2D eigenvalue weighted by atomic mass is 9.96. The van der Waals surface area contributed by atoms with Crippen molar-refractivity contribution in [2.24, 2.45) is 0 Å². The first-order valence-corrected chi connectivity index (χ1v) is 9.44. The second-order valence-electron chi connectivity index (χ2n) is 6.76. The molecule has 26 heavy (non-hydrogen) atoms. The Balaban J connectivity index is 2.53. The van der Waals surface area contributed by atoms with Crippen molar-refractivity contribution in [1.29, 1.82) is 0 Å². The molecular formula is C21H32O5. The highest BCUT2D eigenvalue weighted by molar-refractivity contribution is 5.66. The number of allylic oxidation sites excluding steroid dienone is 6. The van der Waals surface area contributed by atoms with Gasteiger partial charge in [-0.15, -0.1) is 0 Å². The fraction of sp³-hybridized carbons (Fsp3) is 0.571. The van der Waals surface area contributed by atoms with Gasteiger partial charge in [0, 0.05) is 6.42 Å². The molecule has 4 N–H and O–H groups in total. The molecule has 1 aliphatic carbocycles. The quantitative estimate of drug-likeness (QED) is 0.398. The number of aliphatic hydroxyl groups excluding tert-OH is 3. The van der Waals surface area contributed by atoms with Crippen LogP contribution in [0.5, 0.6) is 0 Å². The molecule has 1 aliphatic rings. The minimum Gasteiger partial charge on any atom is -0.481 e. The van der Waals surface area contributed by atoms with E-state index in [4.69, 9.17) is 5.11 Å². The van der Waals surface area contributed by atoms with E-state index in [9.17, 15) is 20.1 Å². The summed E-state index contributed by atoms with van der Waals surface area (Å²) >= 11 is 0. The maximum atomic E-state index is 10.5. The Morgan fingerprint density at radius 2 is 1.85 bits per heavy atom. The zero-order valence-corrected chi connectivity index (χ0v) is 15.6. The molecule has 3 atom stereocenters. The van der Waals surface area contributed by atoms with Gasteiger partial charge in [0.2, 0.25) is 0 Å². The third-order valence-electron chi connectivity index (χ3n) is 4.44. The monoisotopic (exact) mass is 364 g/mol. The van der Waals surface area contributed by atoms with Gasteiger partial charge in [-0.2, -0.15) is 0 Å². The van der Waals surface area contributed by atoms with Gasteiger partial charge in [0.05, 0.1) is 18.3 Å². The van der Waals surface area contributed by atoms with Crippen molar-refractivity contribution in [3.8, 4) is 0 Å². The van der Waals surface area contributed by atoms with Crippen LogP contribution in [-0.4, -0.2) is 44.7 Å². The van der Waals surface area contributed by atoms with Crippen LogP contribution in [0, 0.1) is 0 Å². The number of carboxylic acid groups (broad SMARTS) is 1. The summed E-state index contributed by atoms with van der Waals surface area (Å²) in [6.45, 7) is 2.13. The van der Waals surface area contributed by atoms with Crippen molar-refractivity contribution in [2.75, 3.05) is 0 Å². The molecule has 0 fully saturated rings. The molecule has 0 saturated carbocycles. The van der Waals surface area contributed by atoms with Crippen LogP contribution in [0.4, 0.5) is 0 Å². The molecule has 146 valence electrons. The van der Waals surface area contributed by atoms with Crippen LogP contribution < -0.4 is 0 Å². The summed E-state index contributed by atoms with van der Waals surface area (Å²) in [5.41, 5.74) is 1.89. The molecule has 0 unspecified atom stereocenters. The first-order chi connectivity index (χ1) is 12.4. The van der Waals surface area contributed by atoms with Crippen LogP contribution in [-0.2, 0) is 4.79 Å². The highest BCUT2D eigenvalue weighted by Gasteiger charge is 2.15. The Kier molecular flexibility index (Phi) is 10.9. The van der Waals surface area contributed by atoms with Gasteiger partial charge in [-0.05, 0) is 36.8 Å². The van der Waals surface area contributed by atoms with Gasteiger partial charge in [0.1, 0.15) is 0 Å². The molecule has 0 aromatic rings. The lowest BCUT2D eigenvalue weighted by Gasteiger charge is -2.16. The topological polar surface area (TPSA) is 98.0 Å². The average molecular weight is 364 g/mol. The van der Waals surface area contributed by atoms with E-state index >= 15 is 0 Å². The molecule has 0 radical (unpaired) electrons. The zero-order chi connectivity index (χ0) is 19.4. The molecule has 0 saturated heterocycles. The fourth-order valence-electron chi connectivity index (χ4n) is 2.81. The number of hydrogen-bond donors (Lipinski definition) is 4. The first-order valence-electron chi connectivity index (χ1n) is 9.44. The van der Waals surface area contributed by atoms with E-state index in [0.29, 0.717) is 12.8 Å². The van der Waals surface area contributed by atoms with Gasteiger partial charge in [-0.25, -0.2) is 0 Å². The minimum absolute atomic E-state index is 0.0203. The Labute approximate surface area is 156 Å². The molecule has 1 rings (SSSR count). The van der Waals surface area contributed by atoms with Gasteiger partial charge in [0.15, 0.2) is 0 Å². The van der Waals surface area contributed by atoms with Crippen molar-refractivity contribution >= 4 is 5.97 Å². The Bertz CT molecular complexity index is 545. The molecule has 0 bridgehead atoms. The molecule has 0 aliphatic heterocycles. The minimum atomic E-state index is -1.04. The Hall–Kier alpha value is -1.69. The number of rotatable bonds is 12. The molecule has 0 aromatic carbocycles. The van der Waals surface area contributed by atoms with Gasteiger partial charge in [0.25, 0.3) is 0 Å². The third-order valence-corrected chi connectivity index (χ3v) is 4.44. The van der Waals surface area contributed by atoms with E-state index in [1.54, 1.807) is 6.08 Å². The smallest absolute Gasteiger partial charge is 0.303 e. The van der Waals surface area contributed by atoms with Crippen LogP contribution in [0.3, 0.4) is 0 Å². The van der Waals surface area contributed by atoms with Gasteiger partial charge < -0.3 is 20.4 Å². The highest BCUT2D eigenvalue weighted by Crippen LogP contribution is 2.22. The number of aliphatic hydroxyl groups is 3. The molecular weight excluding hydrogens is 332 g/mol. The van der Waals surface area contributed by atoms with E-state index in [0.717, 1.165) is 36.8 Å². The van der Waals surface area contributed by atoms with Crippen molar-refractivity contribution in [3.63, 3.8) is 0 Å². The molecule has 0 amide bonds. The largest absolute Gasteiger partial charge is 0.481 e. The van der Waals surface area contributed by atoms with Gasteiger partial charge >= 0.3 is 5.97 Å². The molecule has 0 heterocycles. The standard InChI is InChI=1S/C21H32O5/c1-2-3-4-10-18(22)17-9-6-5-8-16(15-17)13-14-20(24)19(23)11-7-12-21(25)26/h5-6,8-9,13-14,18-20,22-24H,2-4,7,10-12,15H2,1H3,(H,25,26)/b14-13+/t18-,19+,20-/m1/s1. The summed E-state index contributed by atoms with van der Waals surface area (Å²) in [7, 11) is 0. The maximum absolute atomic E-state index is 10.5. The average Bonchev–Trinajstić information content (AvgIpc) is 2.85. The number of aliphatic carboxylic acids is 1. The molecule has 5 heteroatoms. The number of unbranched alkanes of at least 4 members (excludes halogenated alkanes) is 2. The van der Waals surface area contributed by atoms with Crippen molar-refractivity contribution in [2.45, 2.75) is 76.6 Å². The fourth-order valence-corrected chi connectivity index (χ4v) is 2.81. The summed E-state index contributed by atoms with van der Waals surface area (Å²) in [5, 5.41) is 38.9. The Morgan fingerprint density at radius 3 is 2.54 bits per heavy atom. The van der Waals surface area contributed by atoms with Crippen LogP contribution in [0.25, 0.3) is 0 Å². The van der Waals surface area contributed by atoms with Crippen LogP contribution in [0.15, 0.2) is 47.6 Å². The van der Waals surface area contributed by atoms with Gasteiger partial charge in [-0.3, -0.25) is 4.79 Å². The summed E-state index contributed by atoms with van der Waals surface area (Å²) in [6.07, 6.45) is 13.5. The molecule has 0 spiro atoms. The highest BCUT2D eigenvalue weighted by atomic mass is 16.4. The van der Waals surface area contributed by atoms with Crippen molar-refractivity contribution < 1.29 is 25.2 Å². The predicted molar refractivity (Wildman–Crippen MR) is 103 cm³/mol. The van der Waals surface area contributed by atoms with Crippen LogP contribution in [0.2, 0.25) is 0 Å². The molecule has 0 aromatic heterocycles. The Morgan fingerprint density at radius 1 is 1.12 bits per heavy atom. The number of hydrogen-bond acceptors (Lipinski definition) is 4. The summed E-state index contributed by atoms with van der Waals surface area (Å²) in [6, 6.07) is 0. The van der Waals surface area contributed by atoms with Crippen molar-refractivity contribution in [3.05, 3.63) is 47.6 Å². The SMILES string of the molecule is CCCCC[C@@H](O)C1=CC=CC=C(/C=C/[C@@H](O)[C@@H](O)CCCC(=O)O)C1. The maximum Gasteiger partial charge on any atom is 0.303 e. The second-order valence-corrected chi connectivity index (χ2v) is 6.76. The van der Waals surface area contributed by atoms with Gasteiger partial charge in [-0.1, -0.05) is 62.6 Å². The van der Waals surface area contributed by atoms with E-state index in [1.807, 2.05) is 24.3 Å². The van der Waals surface area contributed by atoms with E-state index < -0.39 is 24.3 Å². The lowest BCUT2D eigenvalue weighted by molar-refractivity contribution is -0.137. The van der Waals surface area contributed by atoms with E-state index in [1.165, 1.54) is 6.08 Å². The predicted octanol–water partition coefficient (Wildman–Crippen LogP) is 3.27. The summed E-state index contributed by atoms with van der Waals surface area (Å²) in [5.74, 6) is -0.908. The lowest BCUT2D eigenvalue weighted by Crippen LogP contribution is -2.23.